The summed E-state index contributed by atoms with van der Waals surface area (Å²) in [6.07, 6.45) is 5.28. The summed E-state index contributed by atoms with van der Waals surface area (Å²) in [4.78, 5) is 4.08. The van der Waals surface area contributed by atoms with Crippen LogP contribution in [-0.4, -0.2) is 38.6 Å². The molecule has 190 valence electrons. The largest absolute Gasteiger partial charge is 0.416 e. The number of anilines is 1. The monoisotopic (exact) mass is 518 g/mol. The van der Waals surface area contributed by atoms with Gasteiger partial charge < -0.3 is 8.97 Å². The lowest BCUT2D eigenvalue weighted by molar-refractivity contribution is -0.137. The van der Waals surface area contributed by atoms with E-state index in [9.17, 15) is 21.6 Å². The minimum Gasteiger partial charge on any atom is -0.317 e. The molecule has 0 amide bonds. The van der Waals surface area contributed by atoms with E-state index >= 15 is 0 Å². The van der Waals surface area contributed by atoms with Gasteiger partial charge in [0.15, 0.2) is 5.65 Å². The predicted molar refractivity (Wildman–Crippen MR) is 127 cm³/mol. The first-order valence-corrected chi connectivity index (χ1v) is 13.1. The SMILES string of the molecule is CCc1cnc2c(N([C@H]3CCC[C@@H](n4cnnc4)C3)S(=O)(=O)c3cccc(C(F)(F)F)c3)cccn12. The van der Waals surface area contributed by atoms with Crippen LogP contribution in [0.1, 0.15) is 49.9 Å². The number of hydrogen-bond donors (Lipinski definition) is 0. The van der Waals surface area contributed by atoms with Crippen molar-refractivity contribution in [2.75, 3.05) is 4.31 Å². The highest BCUT2D eigenvalue weighted by molar-refractivity contribution is 7.92. The fourth-order valence-electron chi connectivity index (χ4n) is 4.97. The van der Waals surface area contributed by atoms with Crippen molar-refractivity contribution >= 4 is 21.4 Å². The quantitative estimate of drug-likeness (QED) is 0.363. The maximum absolute atomic E-state index is 14.1. The molecule has 1 saturated carbocycles. The van der Waals surface area contributed by atoms with Crippen molar-refractivity contribution in [3.63, 3.8) is 0 Å². The average Bonchev–Trinajstić information content (AvgIpc) is 3.54. The number of benzene rings is 1. The van der Waals surface area contributed by atoms with Crippen molar-refractivity contribution in [1.29, 1.82) is 0 Å². The van der Waals surface area contributed by atoms with E-state index in [1.54, 1.807) is 37.2 Å². The third-order valence-corrected chi connectivity index (χ3v) is 8.58. The first-order valence-electron chi connectivity index (χ1n) is 11.7. The molecule has 36 heavy (non-hydrogen) atoms. The van der Waals surface area contributed by atoms with E-state index in [0.29, 0.717) is 36.7 Å². The lowest BCUT2D eigenvalue weighted by Gasteiger charge is -2.38. The lowest BCUT2D eigenvalue weighted by Crippen LogP contribution is -2.43. The molecule has 0 N–H and O–H groups in total. The van der Waals surface area contributed by atoms with Crippen LogP contribution in [0.2, 0.25) is 0 Å². The molecule has 1 fully saturated rings. The number of sulfonamides is 1. The fourth-order valence-corrected chi connectivity index (χ4v) is 6.71. The number of pyridine rings is 1. The van der Waals surface area contributed by atoms with Crippen molar-refractivity contribution in [3.8, 4) is 0 Å². The second kappa shape index (κ2) is 9.23. The zero-order chi connectivity index (χ0) is 25.5. The van der Waals surface area contributed by atoms with Crippen molar-refractivity contribution in [3.05, 3.63) is 72.7 Å². The third kappa shape index (κ3) is 4.34. The number of hydrogen-bond acceptors (Lipinski definition) is 5. The lowest BCUT2D eigenvalue weighted by atomic mass is 9.90. The summed E-state index contributed by atoms with van der Waals surface area (Å²) >= 11 is 0. The van der Waals surface area contributed by atoms with E-state index in [4.69, 9.17) is 0 Å². The van der Waals surface area contributed by atoms with Crippen LogP contribution in [-0.2, 0) is 22.6 Å². The molecule has 12 heteroatoms. The minimum atomic E-state index is -4.67. The van der Waals surface area contributed by atoms with Gasteiger partial charge >= 0.3 is 6.18 Å². The highest BCUT2D eigenvalue weighted by Crippen LogP contribution is 2.39. The highest BCUT2D eigenvalue weighted by atomic mass is 32.2. The summed E-state index contributed by atoms with van der Waals surface area (Å²) in [6.45, 7) is 1.97. The number of rotatable bonds is 6. The molecule has 0 unspecified atom stereocenters. The van der Waals surface area contributed by atoms with Gasteiger partial charge in [-0.15, -0.1) is 10.2 Å². The Hall–Kier alpha value is -3.41. The molecule has 0 radical (unpaired) electrons. The molecule has 0 spiro atoms. The van der Waals surface area contributed by atoms with Crippen molar-refractivity contribution < 1.29 is 21.6 Å². The van der Waals surface area contributed by atoms with Gasteiger partial charge in [-0.05, 0) is 62.4 Å². The summed E-state index contributed by atoms with van der Waals surface area (Å²) in [7, 11) is -4.38. The van der Waals surface area contributed by atoms with Crippen LogP contribution in [0.4, 0.5) is 18.9 Å². The van der Waals surface area contributed by atoms with Gasteiger partial charge in [-0.2, -0.15) is 13.2 Å². The van der Waals surface area contributed by atoms with Gasteiger partial charge in [0.1, 0.15) is 12.7 Å². The Kier molecular flexibility index (Phi) is 6.23. The molecule has 8 nitrogen and oxygen atoms in total. The van der Waals surface area contributed by atoms with Gasteiger partial charge in [0, 0.05) is 30.2 Å². The molecular weight excluding hydrogens is 493 g/mol. The van der Waals surface area contributed by atoms with Crippen LogP contribution >= 0.6 is 0 Å². The molecule has 0 bridgehead atoms. The van der Waals surface area contributed by atoms with Gasteiger partial charge in [0.2, 0.25) is 0 Å². The van der Waals surface area contributed by atoms with Gasteiger partial charge in [-0.25, -0.2) is 13.4 Å². The zero-order valence-electron chi connectivity index (χ0n) is 19.5. The van der Waals surface area contributed by atoms with Crippen molar-refractivity contribution in [1.82, 2.24) is 24.1 Å². The Morgan fingerprint density at radius 2 is 1.89 bits per heavy atom. The summed E-state index contributed by atoms with van der Waals surface area (Å²) in [6, 6.07) is 6.76. The van der Waals surface area contributed by atoms with E-state index in [0.717, 1.165) is 30.7 Å². The Morgan fingerprint density at radius 3 is 2.61 bits per heavy atom. The number of alkyl halides is 3. The van der Waals surface area contributed by atoms with Crippen LogP contribution < -0.4 is 4.31 Å². The second-order valence-electron chi connectivity index (χ2n) is 8.90. The average molecular weight is 519 g/mol. The predicted octanol–water partition coefficient (Wildman–Crippen LogP) is 4.89. The highest BCUT2D eigenvalue weighted by Gasteiger charge is 2.38. The summed E-state index contributed by atoms with van der Waals surface area (Å²) < 4.78 is 73.6. The van der Waals surface area contributed by atoms with E-state index in [2.05, 4.69) is 15.2 Å². The van der Waals surface area contributed by atoms with Gasteiger partial charge in [-0.1, -0.05) is 13.0 Å². The van der Waals surface area contributed by atoms with Gasteiger partial charge in [0.25, 0.3) is 10.0 Å². The standard InChI is InChI=1S/C24H25F3N6O2S/c1-2-18-14-28-23-22(10-5-11-32(18)23)33(20-8-4-7-19(13-20)31-15-29-30-16-31)36(34,35)21-9-3-6-17(12-21)24(25,26)27/h3,5-6,9-12,14-16,19-20H,2,4,7-8,13H2,1H3/t19-,20+/m1/s1. The maximum atomic E-state index is 14.1. The summed E-state index contributed by atoms with van der Waals surface area (Å²) in [5.74, 6) is 0. The Labute approximate surface area is 206 Å². The minimum absolute atomic E-state index is 0.0383. The van der Waals surface area contributed by atoms with Crippen molar-refractivity contribution in [2.24, 2.45) is 0 Å². The van der Waals surface area contributed by atoms with E-state index in [1.807, 2.05) is 15.9 Å². The first-order chi connectivity index (χ1) is 17.2. The topological polar surface area (TPSA) is 85.4 Å². The molecule has 1 aliphatic rings. The van der Waals surface area contributed by atoms with E-state index in [-0.39, 0.29) is 6.04 Å². The molecule has 0 aliphatic heterocycles. The first kappa shape index (κ1) is 24.3. The molecular formula is C24H25F3N6O2S. The molecule has 2 atom stereocenters. The number of imidazole rings is 1. The summed E-state index contributed by atoms with van der Waals surface area (Å²) in [5, 5.41) is 7.74. The van der Waals surface area contributed by atoms with E-state index < -0.39 is 32.7 Å². The Bertz CT molecular complexity index is 1470. The number of halogens is 3. The molecule has 1 aliphatic carbocycles. The molecule has 3 aromatic heterocycles. The third-order valence-electron chi connectivity index (χ3n) is 6.72. The smallest absolute Gasteiger partial charge is 0.317 e. The Balaban J connectivity index is 1.66. The molecule has 5 rings (SSSR count). The molecule has 4 aromatic rings. The fraction of sp³-hybridized carbons (Fsp3) is 0.375. The van der Waals surface area contributed by atoms with Gasteiger partial charge in [0.05, 0.1) is 16.1 Å². The van der Waals surface area contributed by atoms with Crippen LogP contribution in [0, 0.1) is 0 Å². The Morgan fingerprint density at radius 1 is 1.11 bits per heavy atom. The molecule has 1 aromatic carbocycles. The number of aromatic nitrogens is 5. The van der Waals surface area contributed by atoms with Gasteiger partial charge in [-0.3, -0.25) is 4.31 Å². The van der Waals surface area contributed by atoms with E-state index in [1.165, 1.54) is 10.4 Å². The van der Waals surface area contributed by atoms with Crippen LogP contribution in [0.3, 0.4) is 0 Å². The van der Waals surface area contributed by atoms with Crippen molar-refractivity contribution in [2.45, 2.75) is 62.2 Å². The molecule has 3 heterocycles. The van der Waals surface area contributed by atoms with Crippen LogP contribution in [0.15, 0.2) is 66.3 Å². The zero-order valence-corrected chi connectivity index (χ0v) is 20.3. The normalized spacial score (nSPS) is 19.0. The molecule has 0 saturated heterocycles. The number of nitrogens with zero attached hydrogens (tertiary/aromatic N) is 6. The van der Waals surface area contributed by atoms with Crippen LogP contribution in [0.25, 0.3) is 5.65 Å². The van der Waals surface area contributed by atoms with Crippen LogP contribution in [0.5, 0.6) is 0 Å². The number of aryl methyl sites for hydroxylation is 1. The second-order valence-corrected chi connectivity index (χ2v) is 10.7. The maximum Gasteiger partial charge on any atom is 0.416 e. The number of fused-ring (bicyclic) bond motifs is 1. The summed E-state index contributed by atoms with van der Waals surface area (Å²) in [5.41, 5.74) is 0.663.